The van der Waals surface area contributed by atoms with Crippen LogP contribution in [0.25, 0.3) is 0 Å². The summed E-state index contributed by atoms with van der Waals surface area (Å²) < 4.78 is 0. The van der Waals surface area contributed by atoms with E-state index in [0.717, 1.165) is 17.9 Å². The smallest absolute Gasteiger partial charge is 0.0605 e. The maximum atomic E-state index is 9.83. The van der Waals surface area contributed by atoms with Crippen LogP contribution in [0.2, 0.25) is 5.02 Å². The molecule has 1 fully saturated rings. The van der Waals surface area contributed by atoms with Gasteiger partial charge in [-0.3, -0.25) is 0 Å². The standard InChI is InChI=1S/C13H17ClO/c1-3-13(2)11(8-12(13)15)9-5-4-6-10(14)7-9/h4-7,11-12,15H,3,8H2,1-2H3. The van der Waals surface area contributed by atoms with Gasteiger partial charge in [-0.2, -0.15) is 0 Å². The van der Waals surface area contributed by atoms with Gasteiger partial charge < -0.3 is 5.11 Å². The Hall–Kier alpha value is -0.530. The van der Waals surface area contributed by atoms with E-state index in [9.17, 15) is 5.11 Å². The van der Waals surface area contributed by atoms with Crippen LogP contribution in [0, 0.1) is 5.41 Å². The van der Waals surface area contributed by atoms with Gasteiger partial charge in [0.15, 0.2) is 0 Å². The molecule has 2 heteroatoms. The second-order valence-corrected chi connectivity index (χ2v) is 5.15. The highest BCUT2D eigenvalue weighted by Crippen LogP contribution is 2.54. The molecule has 1 aromatic rings. The highest BCUT2D eigenvalue weighted by Gasteiger charge is 2.49. The fourth-order valence-electron chi connectivity index (χ4n) is 2.56. The maximum Gasteiger partial charge on any atom is 0.0605 e. The summed E-state index contributed by atoms with van der Waals surface area (Å²) in [5, 5.41) is 10.6. The zero-order chi connectivity index (χ0) is 11.1. The molecule has 15 heavy (non-hydrogen) atoms. The van der Waals surface area contributed by atoms with E-state index in [2.05, 4.69) is 19.9 Å². The maximum absolute atomic E-state index is 9.83. The monoisotopic (exact) mass is 224 g/mol. The number of rotatable bonds is 2. The number of hydrogen-bond donors (Lipinski definition) is 1. The molecule has 0 aliphatic heterocycles. The van der Waals surface area contributed by atoms with E-state index in [0.29, 0.717) is 5.92 Å². The van der Waals surface area contributed by atoms with Gasteiger partial charge in [-0.05, 0) is 36.5 Å². The first-order chi connectivity index (χ1) is 7.08. The van der Waals surface area contributed by atoms with Gasteiger partial charge in [-0.1, -0.05) is 37.6 Å². The molecule has 1 aromatic carbocycles. The largest absolute Gasteiger partial charge is 0.393 e. The molecule has 1 N–H and O–H groups in total. The first kappa shape index (κ1) is 11.0. The van der Waals surface area contributed by atoms with E-state index < -0.39 is 0 Å². The predicted octanol–water partition coefficient (Wildman–Crippen LogP) is 3.60. The molecule has 2 rings (SSSR count). The summed E-state index contributed by atoms with van der Waals surface area (Å²) in [6, 6.07) is 8.00. The summed E-state index contributed by atoms with van der Waals surface area (Å²) >= 11 is 5.98. The predicted molar refractivity (Wildman–Crippen MR) is 63.2 cm³/mol. The molecule has 0 amide bonds. The van der Waals surface area contributed by atoms with Crippen molar-refractivity contribution >= 4 is 11.6 Å². The molecule has 0 bridgehead atoms. The molecule has 1 aliphatic carbocycles. The van der Waals surface area contributed by atoms with Gasteiger partial charge in [0, 0.05) is 10.4 Å². The number of aliphatic hydroxyl groups excluding tert-OH is 1. The minimum atomic E-state index is -0.161. The molecule has 3 unspecified atom stereocenters. The van der Waals surface area contributed by atoms with Crippen molar-refractivity contribution in [3.8, 4) is 0 Å². The van der Waals surface area contributed by atoms with Crippen LogP contribution < -0.4 is 0 Å². The third-order valence-electron chi connectivity index (χ3n) is 4.03. The van der Waals surface area contributed by atoms with Gasteiger partial charge >= 0.3 is 0 Å². The highest BCUT2D eigenvalue weighted by atomic mass is 35.5. The first-order valence-electron chi connectivity index (χ1n) is 5.51. The van der Waals surface area contributed by atoms with Crippen molar-refractivity contribution in [1.29, 1.82) is 0 Å². The van der Waals surface area contributed by atoms with Crippen LogP contribution in [0.1, 0.15) is 38.2 Å². The molecular formula is C13H17ClO. The lowest BCUT2D eigenvalue weighted by Crippen LogP contribution is -2.49. The molecular weight excluding hydrogens is 208 g/mol. The third-order valence-corrected chi connectivity index (χ3v) is 4.26. The van der Waals surface area contributed by atoms with E-state index >= 15 is 0 Å². The van der Waals surface area contributed by atoms with E-state index in [1.807, 2.05) is 18.2 Å². The van der Waals surface area contributed by atoms with Crippen molar-refractivity contribution in [3.05, 3.63) is 34.9 Å². The molecule has 1 saturated carbocycles. The summed E-state index contributed by atoms with van der Waals surface area (Å²) in [7, 11) is 0. The van der Waals surface area contributed by atoms with Crippen LogP contribution in [0.5, 0.6) is 0 Å². The van der Waals surface area contributed by atoms with Crippen molar-refractivity contribution < 1.29 is 5.11 Å². The van der Waals surface area contributed by atoms with Gasteiger partial charge in [0.1, 0.15) is 0 Å². The van der Waals surface area contributed by atoms with Gasteiger partial charge in [0.2, 0.25) is 0 Å². The molecule has 0 radical (unpaired) electrons. The average molecular weight is 225 g/mol. The van der Waals surface area contributed by atoms with Gasteiger partial charge in [-0.15, -0.1) is 0 Å². The Balaban J connectivity index is 2.26. The van der Waals surface area contributed by atoms with E-state index in [4.69, 9.17) is 11.6 Å². The second-order valence-electron chi connectivity index (χ2n) is 4.72. The number of hydrogen-bond acceptors (Lipinski definition) is 1. The normalized spacial score (nSPS) is 34.9. The first-order valence-corrected chi connectivity index (χ1v) is 5.89. The van der Waals surface area contributed by atoms with Gasteiger partial charge in [-0.25, -0.2) is 0 Å². The summed E-state index contributed by atoms with van der Waals surface area (Å²) in [6.07, 6.45) is 1.71. The lowest BCUT2D eigenvalue weighted by molar-refractivity contribution is -0.0777. The number of aliphatic hydroxyl groups is 1. The van der Waals surface area contributed by atoms with Crippen LogP contribution in [0.15, 0.2) is 24.3 Å². The fourth-order valence-corrected chi connectivity index (χ4v) is 2.75. The topological polar surface area (TPSA) is 20.2 Å². The van der Waals surface area contributed by atoms with Crippen LogP contribution in [-0.2, 0) is 0 Å². The quantitative estimate of drug-likeness (QED) is 0.814. The molecule has 0 spiro atoms. The summed E-state index contributed by atoms with van der Waals surface area (Å²) in [5.74, 6) is 0.455. The Labute approximate surface area is 96.1 Å². The molecule has 0 saturated heterocycles. The van der Waals surface area contributed by atoms with Crippen LogP contribution in [0.3, 0.4) is 0 Å². The lowest BCUT2D eigenvalue weighted by atomic mass is 9.55. The minimum Gasteiger partial charge on any atom is -0.393 e. The Morgan fingerprint density at radius 2 is 2.27 bits per heavy atom. The zero-order valence-corrected chi connectivity index (χ0v) is 9.96. The van der Waals surface area contributed by atoms with Crippen molar-refractivity contribution in [2.24, 2.45) is 5.41 Å². The number of benzene rings is 1. The Bertz CT molecular complexity index is 363. The number of halogens is 1. The summed E-state index contributed by atoms with van der Waals surface area (Å²) in [6.45, 7) is 4.30. The third kappa shape index (κ3) is 1.68. The molecule has 1 nitrogen and oxygen atoms in total. The van der Waals surface area contributed by atoms with Crippen molar-refractivity contribution in [2.75, 3.05) is 0 Å². The van der Waals surface area contributed by atoms with Crippen molar-refractivity contribution in [2.45, 2.75) is 38.7 Å². The van der Waals surface area contributed by atoms with Gasteiger partial charge in [0.25, 0.3) is 0 Å². The molecule has 0 aromatic heterocycles. The second kappa shape index (κ2) is 3.80. The van der Waals surface area contributed by atoms with Gasteiger partial charge in [0.05, 0.1) is 6.10 Å². The Morgan fingerprint density at radius 3 is 2.80 bits per heavy atom. The SMILES string of the molecule is CCC1(C)C(O)CC1c1cccc(Cl)c1. The van der Waals surface area contributed by atoms with E-state index in [1.54, 1.807) is 0 Å². The Morgan fingerprint density at radius 1 is 1.53 bits per heavy atom. The zero-order valence-electron chi connectivity index (χ0n) is 9.20. The summed E-state index contributed by atoms with van der Waals surface area (Å²) in [4.78, 5) is 0. The minimum absolute atomic E-state index is 0.0324. The van der Waals surface area contributed by atoms with Crippen LogP contribution >= 0.6 is 11.6 Å². The average Bonchev–Trinajstić information content (AvgIpc) is 2.24. The molecule has 82 valence electrons. The lowest BCUT2D eigenvalue weighted by Gasteiger charge is -2.51. The Kier molecular flexibility index (Phi) is 2.78. The van der Waals surface area contributed by atoms with E-state index in [1.165, 1.54) is 5.56 Å². The van der Waals surface area contributed by atoms with Crippen LogP contribution in [0.4, 0.5) is 0 Å². The summed E-state index contributed by atoms with van der Waals surface area (Å²) in [5.41, 5.74) is 1.29. The van der Waals surface area contributed by atoms with Crippen molar-refractivity contribution in [1.82, 2.24) is 0 Å². The molecule has 1 aliphatic rings. The fraction of sp³-hybridized carbons (Fsp3) is 0.538. The molecule has 3 atom stereocenters. The van der Waals surface area contributed by atoms with E-state index in [-0.39, 0.29) is 11.5 Å². The van der Waals surface area contributed by atoms with Crippen LogP contribution in [-0.4, -0.2) is 11.2 Å². The van der Waals surface area contributed by atoms with Crippen molar-refractivity contribution in [3.63, 3.8) is 0 Å². The highest BCUT2D eigenvalue weighted by molar-refractivity contribution is 6.30. The molecule has 0 heterocycles.